The quantitative estimate of drug-likeness (QED) is 0.912. The summed E-state index contributed by atoms with van der Waals surface area (Å²) in [5, 5.41) is 0. The highest BCUT2D eigenvalue weighted by Gasteiger charge is 2.31. The molecule has 1 aromatic heterocycles. The second-order valence-electron chi connectivity index (χ2n) is 6.45. The van der Waals surface area contributed by atoms with E-state index in [4.69, 9.17) is 5.73 Å². The van der Waals surface area contributed by atoms with E-state index in [1.807, 2.05) is 28.9 Å². The smallest absolute Gasteiger partial charge is 0.270 e. The number of aromatic nitrogens is 1. The summed E-state index contributed by atoms with van der Waals surface area (Å²) in [5.74, 6) is 1.16. The van der Waals surface area contributed by atoms with Crippen LogP contribution in [0.4, 0.5) is 5.69 Å². The molecular formula is C15H23N3OS. The van der Waals surface area contributed by atoms with Gasteiger partial charge in [0, 0.05) is 35.8 Å². The predicted octanol–water partition coefficient (Wildman–Crippen LogP) is 2.76. The molecule has 3 rings (SSSR count). The summed E-state index contributed by atoms with van der Waals surface area (Å²) in [5.41, 5.74) is 7.36. The van der Waals surface area contributed by atoms with Crippen molar-refractivity contribution in [2.75, 3.05) is 24.6 Å². The molecule has 1 saturated carbocycles. The topological polar surface area (TPSA) is 51.3 Å². The standard InChI is InChI=1S/C15H23N3OS/c1-15(2)5-6-17(7-8-20-15)14(19)13-9-11(16)10-18(13)12-3-4-12/h9-10,12H,3-8,16H2,1-2H3. The Bertz CT molecular complexity index is 519. The van der Waals surface area contributed by atoms with Crippen molar-refractivity contribution < 1.29 is 4.79 Å². The summed E-state index contributed by atoms with van der Waals surface area (Å²) >= 11 is 1.96. The van der Waals surface area contributed by atoms with Crippen LogP contribution < -0.4 is 5.73 Å². The third-order valence-corrected chi connectivity index (χ3v) is 5.53. The minimum atomic E-state index is 0.145. The number of thioether (sulfide) groups is 1. The Kier molecular flexibility index (Phi) is 3.48. The molecule has 1 aliphatic carbocycles. The molecule has 0 atom stereocenters. The van der Waals surface area contributed by atoms with E-state index in [0.717, 1.165) is 43.8 Å². The zero-order valence-corrected chi connectivity index (χ0v) is 13.1. The maximum atomic E-state index is 12.8. The van der Waals surface area contributed by atoms with Crippen molar-refractivity contribution in [3.8, 4) is 0 Å². The van der Waals surface area contributed by atoms with Gasteiger partial charge in [-0.05, 0) is 25.3 Å². The zero-order valence-electron chi connectivity index (χ0n) is 12.3. The van der Waals surface area contributed by atoms with Crippen molar-refractivity contribution in [1.29, 1.82) is 0 Å². The first-order valence-electron chi connectivity index (χ1n) is 7.37. The molecule has 110 valence electrons. The fraction of sp³-hybridized carbons (Fsp3) is 0.667. The number of hydrogen-bond acceptors (Lipinski definition) is 3. The first-order chi connectivity index (χ1) is 9.46. The molecular weight excluding hydrogens is 270 g/mol. The van der Waals surface area contributed by atoms with Gasteiger partial charge in [-0.15, -0.1) is 0 Å². The molecule has 1 aromatic rings. The summed E-state index contributed by atoms with van der Waals surface area (Å²) in [7, 11) is 0. The van der Waals surface area contributed by atoms with E-state index in [1.54, 1.807) is 0 Å². The molecule has 1 saturated heterocycles. The van der Waals surface area contributed by atoms with Crippen molar-refractivity contribution in [3.63, 3.8) is 0 Å². The Balaban J connectivity index is 1.78. The van der Waals surface area contributed by atoms with Crippen LogP contribution in [0.25, 0.3) is 0 Å². The molecule has 0 aromatic carbocycles. The lowest BCUT2D eigenvalue weighted by Crippen LogP contribution is -2.34. The summed E-state index contributed by atoms with van der Waals surface area (Å²) in [4.78, 5) is 14.8. The first kappa shape index (κ1) is 13.9. The van der Waals surface area contributed by atoms with Crippen LogP contribution in [0.3, 0.4) is 0 Å². The third-order valence-electron chi connectivity index (χ3n) is 4.15. The van der Waals surface area contributed by atoms with Crippen molar-refractivity contribution in [2.24, 2.45) is 0 Å². The van der Waals surface area contributed by atoms with E-state index >= 15 is 0 Å². The molecule has 1 amide bonds. The SMILES string of the molecule is CC1(C)CCN(C(=O)c2cc(N)cn2C2CC2)CCS1. The second-order valence-corrected chi connectivity index (χ2v) is 8.25. The van der Waals surface area contributed by atoms with Crippen LogP contribution in [-0.4, -0.2) is 39.0 Å². The largest absolute Gasteiger partial charge is 0.397 e. The van der Waals surface area contributed by atoms with Crippen molar-refractivity contribution >= 4 is 23.4 Å². The molecule has 2 heterocycles. The molecule has 0 unspecified atom stereocenters. The molecule has 2 fully saturated rings. The van der Waals surface area contributed by atoms with E-state index in [2.05, 4.69) is 18.4 Å². The van der Waals surface area contributed by atoms with E-state index in [9.17, 15) is 4.79 Å². The normalized spacial score (nSPS) is 22.6. The van der Waals surface area contributed by atoms with Gasteiger partial charge >= 0.3 is 0 Å². The third kappa shape index (κ3) is 2.82. The predicted molar refractivity (Wildman–Crippen MR) is 84.2 cm³/mol. The van der Waals surface area contributed by atoms with Gasteiger partial charge in [-0.2, -0.15) is 11.8 Å². The number of nitrogen functional groups attached to an aromatic ring is 1. The van der Waals surface area contributed by atoms with E-state index in [-0.39, 0.29) is 10.7 Å². The Morgan fingerprint density at radius 3 is 2.85 bits per heavy atom. The minimum absolute atomic E-state index is 0.145. The van der Waals surface area contributed by atoms with Gasteiger partial charge in [0.15, 0.2) is 0 Å². The summed E-state index contributed by atoms with van der Waals surface area (Å²) in [6.07, 6.45) is 5.29. The Labute approximate surface area is 124 Å². The monoisotopic (exact) mass is 293 g/mol. The van der Waals surface area contributed by atoms with Crippen molar-refractivity contribution in [3.05, 3.63) is 18.0 Å². The zero-order chi connectivity index (χ0) is 14.3. The van der Waals surface area contributed by atoms with Gasteiger partial charge in [0.05, 0.1) is 5.69 Å². The van der Waals surface area contributed by atoms with Crippen LogP contribution in [0.1, 0.15) is 49.6 Å². The lowest BCUT2D eigenvalue weighted by molar-refractivity contribution is 0.0753. The Morgan fingerprint density at radius 2 is 2.15 bits per heavy atom. The van der Waals surface area contributed by atoms with Crippen LogP contribution in [0.15, 0.2) is 12.3 Å². The maximum Gasteiger partial charge on any atom is 0.270 e. The number of anilines is 1. The van der Waals surface area contributed by atoms with Gasteiger partial charge < -0.3 is 15.2 Å². The summed E-state index contributed by atoms with van der Waals surface area (Å²) in [6.45, 7) is 6.20. The molecule has 2 aliphatic rings. The van der Waals surface area contributed by atoms with Gasteiger partial charge in [0.25, 0.3) is 5.91 Å². The highest BCUT2D eigenvalue weighted by atomic mass is 32.2. The van der Waals surface area contributed by atoms with Crippen LogP contribution in [0.5, 0.6) is 0 Å². The fourth-order valence-electron chi connectivity index (χ4n) is 2.71. The molecule has 0 spiro atoms. The van der Waals surface area contributed by atoms with Gasteiger partial charge in [0.2, 0.25) is 0 Å². The molecule has 0 radical (unpaired) electrons. The molecule has 0 bridgehead atoms. The number of carbonyl (C=O) groups excluding carboxylic acids is 1. The van der Waals surface area contributed by atoms with Gasteiger partial charge in [-0.1, -0.05) is 13.8 Å². The van der Waals surface area contributed by atoms with E-state index in [1.165, 1.54) is 0 Å². The van der Waals surface area contributed by atoms with Crippen molar-refractivity contribution in [1.82, 2.24) is 9.47 Å². The summed E-state index contributed by atoms with van der Waals surface area (Å²) < 4.78 is 2.35. The highest BCUT2D eigenvalue weighted by molar-refractivity contribution is 8.00. The fourth-order valence-corrected chi connectivity index (χ4v) is 3.81. The number of nitrogens with two attached hydrogens (primary N) is 1. The maximum absolute atomic E-state index is 12.8. The van der Waals surface area contributed by atoms with Crippen molar-refractivity contribution in [2.45, 2.75) is 43.9 Å². The van der Waals surface area contributed by atoms with Crippen LogP contribution in [-0.2, 0) is 0 Å². The minimum Gasteiger partial charge on any atom is -0.397 e. The molecule has 4 nitrogen and oxygen atoms in total. The average molecular weight is 293 g/mol. The lowest BCUT2D eigenvalue weighted by atomic mass is 10.1. The number of rotatable bonds is 2. The van der Waals surface area contributed by atoms with E-state index in [0.29, 0.717) is 11.7 Å². The molecule has 1 aliphatic heterocycles. The van der Waals surface area contributed by atoms with Crippen LogP contribution in [0, 0.1) is 0 Å². The average Bonchev–Trinajstić information content (AvgIpc) is 3.17. The molecule has 5 heteroatoms. The van der Waals surface area contributed by atoms with Crippen LogP contribution in [0.2, 0.25) is 0 Å². The molecule has 20 heavy (non-hydrogen) atoms. The second kappa shape index (κ2) is 5.02. The van der Waals surface area contributed by atoms with Gasteiger partial charge in [-0.3, -0.25) is 4.79 Å². The first-order valence-corrected chi connectivity index (χ1v) is 8.35. The highest BCUT2D eigenvalue weighted by Crippen LogP contribution is 2.38. The molecule has 2 N–H and O–H groups in total. The van der Waals surface area contributed by atoms with E-state index < -0.39 is 0 Å². The number of amides is 1. The number of nitrogens with zero attached hydrogens (tertiary/aromatic N) is 2. The number of hydrogen-bond donors (Lipinski definition) is 1. The lowest BCUT2D eigenvalue weighted by Gasteiger charge is -2.23. The van der Waals surface area contributed by atoms with Gasteiger partial charge in [0.1, 0.15) is 5.69 Å². The summed E-state index contributed by atoms with van der Waals surface area (Å²) in [6, 6.07) is 2.33. The number of carbonyl (C=O) groups is 1. The Hall–Kier alpha value is -1.10. The Morgan fingerprint density at radius 1 is 1.40 bits per heavy atom. The van der Waals surface area contributed by atoms with Gasteiger partial charge in [-0.25, -0.2) is 0 Å². The van der Waals surface area contributed by atoms with Crippen LogP contribution >= 0.6 is 11.8 Å².